The molecule has 1 heterocycles. The maximum atomic E-state index is 14.1. The topological polar surface area (TPSA) is 29.5 Å². The van der Waals surface area contributed by atoms with E-state index in [0.717, 1.165) is 11.1 Å². The number of carbonyl (C=O) groups excluding carboxylic acids is 1. The zero-order valence-electron chi connectivity index (χ0n) is 11.3. The Morgan fingerprint density at radius 1 is 1.25 bits per heavy atom. The van der Waals surface area contributed by atoms with E-state index >= 15 is 0 Å². The van der Waals surface area contributed by atoms with Gasteiger partial charge in [-0.1, -0.05) is 12.1 Å². The van der Waals surface area contributed by atoms with Crippen molar-refractivity contribution in [3.8, 4) is 5.75 Å². The average Bonchev–Trinajstić information content (AvgIpc) is 2.76. The van der Waals surface area contributed by atoms with Gasteiger partial charge in [-0.15, -0.1) is 0 Å². The van der Waals surface area contributed by atoms with Gasteiger partial charge in [0.25, 0.3) is 5.91 Å². The third-order valence-corrected chi connectivity index (χ3v) is 3.54. The van der Waals surface area contributed by atoms with E-state index in [0.29, 0.717) is 23.5 Å². The fourth-order valence-corrected chi connectivity index (χ4v) is 2.52. The molecule has 4 heteroatoms. The van der Waals surface area contributed by atoms with Crippen LogP contribution in [0.25, 0.3) is 0 Å². The highest BCUT2D eigenvalue weighted by Crippen LogP contribution is 2.34. The lowest BCUT2D eigenvalue weighted by molar-refractivity contribution is 0.0995. The molecule has 0 aliphatic carbocycles. The van der Waals surface area contributed by atoms with Crippen LogP contribution < -0.4 is 9.64 Å². The second kappa shape index (κ2) is 4.63. The smallest absolute Gasteiger partial charge is 0.259 e. The second-order valence-corrected chi connectivity index (χ2v) is 4.83. The number of hydrogen-bond acceptors (Lipinski definition) is 2. The normalized spacial score (nSPS) is 13.6. The number of methoxy groups -OCH3 is 1. The van der Waals surface area contributed by atoms with Gasteiger partial charge in [-0.05, 0) is 36.8 Å². The van der Waals surface area contributed by atoms with Gasteiger partial charge in [0, 0.05) is 11.1 Å². The van der Waals surface area contributed by atoms with Gasteiger partial charge >= 0.3 is 0 Å². The predicted molar refractivity (Wildman–Crippen MR) is 74.6 cm³/mol. The Morgan fingerprint density at radius 2 is 2.05 bits per heavy atom. The summed E-state index contributed by atoms with van der Waals surface area (Å²) in [6, 6.07) is 10.2. The van der Waals surface area contributed by atoms with E-state index in [4.69, 9.17) is 4.74 Å². The number of aryl methyl sites for hydroxylation is 1. The second-order valence-electron chi connectivity index (χ2n) is 4.83. The molecule has 20 heavy (non-hydrogen) atoms. The van der Waals surface area contributed by atoms with E-state index in [9.17, 15) is 9.18 Å². The molecule has 1 amide bonds. The van der Waals surface area contributed by atoms with Crippen LogP contribution in [0, 0.1) is 12.7 Å². The van der Waals surface area contributed by atoms with E-state index in [1.165, 1.54) is 11.0 Å². The predicted octanol–water partition coefficient (Wildman–Crippen LogP) is 3.30. The minimum absolute atomic E-state index is 0.193. The monoisotopic (exact) mass is 271 g/mol. The van der Waals surface area contributed by atoms with Crippen LogP contribution in [0.1, 0.15) is 21.5 Å². The molecule has 0 bridgehead atoms. The van der Waals surface area contributed by atoms with Gasteiger partial charge in [0.15, 0.2) is 0 Å². The van der Waals surface area contributed by atoms with Crippen molar-refractivity contribution >= 4 is 11.6 Å². The minimum Gasteiger partial charge on any atom is -0.496 e. The lowest BCUT2D eigenvalue weighted by Gasteiger charge is -2.17. The molecule has 0 aromatic heterocycles. The first kappa shape index (κ1) is 12.7. The number of rotatable bonds is 2. The van der Waals surface area contributed by atoms with Gasteiger partial charge in [0.2, 0.25) is 0 Å². The van der Waals surface area contributed by atoms with Crippen molar-refractivity contribution < 1.29 is 13.9 Å². The molecule has 2 aromatic rings. The lowest BCUT2D eigenvalue weighted by Crippen LogP contribution is -2.24. The largest absolute Gasteiger partial charge is 0.496 e. The number of nitrogens with zero attached hydrogens (tertiary/aromatic N) is 1. The Labute approximate surface area is 116 Å². The minimum atomic E-state index is -0.384. The van der Waals surface area contributed by atoms with Crippen LogP contribution in [0.2, 0.25) is 0 Å². The van der Waals surface area contributed by atoms with E-state index in [2.05, 4.69) is 0 Å². The quantitative estimate of drug-likeness (QED) is 0.838. The van der Waals surface area contributed by atoms with Crippen molar-refractivity contribution in [2.45, 2.75) is 13.5 Å². The van der Waals surface area contributed by atoms with Gasteiger partial charge in [-0.25, -0.2) is 4.39 Å². The van der Waals surface area contributed by atoms with Gasteiger partial charge in [0.1, 0.15) is 11.6 Å². The number of amides is 1. The summed E-state index contributed by atoms with van der Waals surface area (Å²) in [5, 5.41) is 0. The van der Waals surface area contributed by atoms with Crippen molar-refractivity contribution in [3.63, 3.8) is 0 Å². The van der Waals surface area contributed by atoms with E-state index in [1.54, 1.807) is 37.4 Å². The molecule has 2 aromatic carbocycles. The number of anilines is 1. The summed E-state index contributed by atoms with van der Waals surface area (Å²) in [6.07, 6.45) is 0. The summed E-state index contributed by atoms with van der Waals surface area (Å²) in [5.74, 6) is 0.0812. The van der Waals surface area contributed by atoms with Crippen LogP contribution in [-0.2, 0) is 6.54 Å². The Kier molecular flexibility index (Phi) is 2.93. The Hall–Kier alpha value is -2.36. The standard InChI is InChI=1S/C16H14FNO2/c1-10-6-7-14(13(17)8-10)18-9-12-11(16(18)19)4-3-5-15(12)20-2/h3-8H,9H2,1-2H3. The highest BCUT2D eigenvalue weighted by Gasteiger charge is 2.32. The van der Waals surface area contributed by atoms with Gasteiger partial charge < -0.3 is 9.64 Å². The third kappa shape index (κ3) is 1.84. The molecule has 1 aliphatic rings. The fraction of sp³-hybridized carbons (Fsp3) is 0.188. The van der Waals surface area contributed by atoms with E-state index < -0.39 is 0 Å². The molecular formula is C16H14FNO2. The van der Waals surface area contributed by atoms with Crippen LogP contribution in [0.3, 0.4) is 0 Å². The first-order valence-electron chi connectivity index (χ1n) is 6.35. The fourth-order valence-electron chi connectivity index (χ4n) is 2.52. The molecule has 0 atom stereocenters. The molecule has 0 fully saturated rings. The molecule has 1 aliphatic heterocycles. The highest BCUT2D eigenvalue weighted by atomic mass is 19.1. The summed E-state index contributed by atoms with van der Waals surface area (Å²) in [6.45, 7) is 2.15. The number of benzene rings is 2. The molecule has 0 unspecified atom stereocenters. The third-order valence-electron chi connectivity index (χ3n) is 3.54. The summed E-state index contributed by atoms with van der Waals surface area (Å²) < 4.78 is 19.3. The first-order valence-corrected chi connectivity index (χ1v) is 6.35. The number of hydrogen-bond donors (Lipinski definition) is 0. The van der Waals surface area contributed by atoms with Crippen molar-refractivity contribution in [1.29, 1.82) is 0 Å². The van der Waals surface area contributed by atoms with Crippen molar-refractivity contribution in [3.05, 3.63) is 58.9 Å². The number of carbonyl (C=O) groups is 1. The van der Waals surface area contributed by atoms with Gasteiger partial charge in [0.05, 0.1) is 19.3 Å². The van der Waals surface area contributed by atoms with E-state index in [-0.39, 0.29) is 11.7 Å². The summed E-state index contributed by atoms with van der Waals surface area (Å²) in [7, 11) is 1.56. The highest BCUT2D eigenvalue weighted by molar-refractivity contribution is 6.10. The van der Waals surface area contributed by atoms with E-state index in [1.807, 2.05) is 6.92 Å². The Bertz CT molecular complexity index is 697. The molecule has 0 saturated heterocycles. The molecular weight excluding hydrogens is 257 g/mol. The Morgan fingerprint density at radius 3 is 2.75 bits per heavy atom. The molecule has 0 N–H and O–H groups in total. The average molecular weight is 271 g/mol. The molecule has 0 saturated carbocycles. The maximum absolute atomic E-state index is 14.1. The molecule has 3 rings (SSSR count). The molecule has 0 spiro atoms. The summed E-state index contributed by atoms with van der Waals surface area (Å²) >= 11 is 0. The van der Waals surface area contributed by atoms with Crippen molar-refractivity contribution in [2.75, 3.05) is 12.0 Å². The summed E-state index contributed by atoms with van der Waals surface area (Å²) in [4.78, 5) is 13.9. The molecule has 0 radical (unpaired) electrons. The molecule has 3 nitrogen and oxygen atoms in total. The lowest BCUT2D eigenvalue weighted by atomic mass is 10.1. The van der Waals surface area contributed by atoms with Crippen LogP contribution >= 0.6 is 0 Å². The first-order chi connectivity index (χ1) is 9.61. The van der Waals surface area contributed by atoms with Crippen LogP contribution in [0.4, 0.5) is 10.1 Å². The number of halogens is 1. The number of fused-ring (bicyclic) bond motifs is 1. The zero-order chi connectivity index (χ0) is 14.3. The Balaban J connectivity index is 2.05. The van der Waals surface area contributed by atoms with Crippen LogP contribution in [0.15, 0.2) is 36.4 Å². The van der Waals surface area contributed by atoms with Crippen molar-refractivity contribution in [2.24, 2.45) is 0 Å². The zero-order valence-corrected chi connectivity index (χ0v) is 11.3. The van der Waals surface area contributed by atoms with Gasteiger partial charge in [-0.2, -0.15) is 0 Å². The van der Waals surface area contributed by atoms with Crippen LogP contribution in [-0.4, -0.2) is 13.0 Å². The number of ether oxygens (including phenoxy) is 1. The van der Waals surface area contributed by atoms with Crippen LogP contribution in [0.5, 0.6) is 5.75 Å². The molecule has 102 valence electrons. The van der Waals surface area contributed by atoms with Gasteiger partial charge in [-0.3, -0.25) is 4.79 Å². The maximum Gasteiger partial charge on any atom is 0.259 e. The summed E-state index contributed by atoms with van der Waals surface area (Å²) in [5.41, 5.74) is 2.51. The SMILES string of the molecule is COc1cccc2c1CN(c1ccc(C)cc1F)C2=O. The van der Waals surface area contributed by atoms with Crippen molar-refractivity contribution in [1.82, 2.24) is 0 Å².